The molecule has 134 valence electrons. The molecule has 2 aromatic rings. The normalized spacial score (nSPS) is 20.6. The van der Waals surface area contributed by atoms with E-state index in [0.717, 1.165) is 23.3 Å². The van der Waals surface area contributed by atoms with E-state index in [0.29, 0.717) is 0 Å². The Morgan fingerprint density at radius 2 is 1.40 bits per heavy atom. The van der Waals surface area contributed by atoms with E-state index in [4.69, 9.17) is 11.6 Å². The smallest absolute Gasteiger partial charge is 0.0406 e. The van der Waals surface area contributed by atoms with Crippen LogP contribution in [0.4, 0.5) is 0 Å². The van der Waals surface area contributed by atoms with Gasteiger partial charge in [-0.05, 0) is 72.8 Å². The van der Waals surface area contributed by atoms with E-state index < -0.39 is 0 Å². The van der Waals surface area contributed by atoms with Crippen LogP contribution < -0.4 is 0 Å². The Labute approximate surface area is 158 Å². The molecule has 0 nitrogen and oxygen atoms in total. The zero-order valence-corrected chi connectivity index (χ0v) is 16.3. The molecule has 0 bridgehead atoms. The molecule has 0 spiro atoms. The van der Waals surface area contributed by atoms with Crippen molar-refractivity contribution in [3.8, 4) is 0 Å². The zero-order chi connectivity index (χ0) is 17.5. The second-order valence-electron chi connectivity index (χ2n) is 7.76. The molecule has 1 saturated carbocycles. The maximum atomic E-state index is 5.97. The molecule has 0 radical (unpaired) electrons. The largest absolute Gasteiger partial charge is 0.0843 e. The van der Waals surface area contributed by atoms with Crippen molar-refractivity contribution in [2.75, 3.05) is 0 Å². The highest BCUT2D eigenvalue weighted by molar-refractivity contribution is 6.30. The van der Waals surface area contributed by atoms with Crippen LogP contribution in [0.1, 0.15) is 80.9 Å². The standard InChI is InChI=1S/C24H31Cl/c1-2-3-4-5-19-6-12-22(13-7-19)23-14-8-20(9-15-23)18-21-10-16-24(25)17-11-21/h8-11,14-17,19,22H,2-7,12-13,18H2,1H3. The molecule has 1 aliphatic rings. The van der Waals surface area contributed by atoms with E-state index in [1.54, 1.807) is 5.56 Å². The van der Waals surface area contributed by atoms with Gasteiger partial charge in [0.2, 0.25) is 0 Å². The number of halogens is 1. The van der Waals surface area contributed by atoms with Gasteiger partial charge in [0.15, 0.2) is 0 Å². The Bertz CT molecular complexity index is 618. The van der Waals surface area contributed by atoms with Crippen LogP contribution in [-0.4, -0.2) is 0 Å². The molecule has 0 heterocycles. The minimum atomic E-state index is 0.784. The second kappa shape index (κ2) is 9.43. The van der Waals surface area contributed by atoms with Crippen LogP contribution in [0, 0.1) is 5.92 Å². The SMILES string of the molecule is CCCCCC1CCC(c2ccc(Cc3ccc(Cl)cc3)cc2)CC1. The monoisotopic (exact) mass is 354 g/mol. The minimum Gasteiger partial charge on any atom is -0.0843 e. The van der Waals surface area contributed by atoms with Gasteiger partial charge in [-0.25, -0.2) is 0 Å². The first-order valence-electron chi connectivity index (χ1n) is 10.1. The van der Waals surface area contributed by atoms with Gasteiger partial charge in [0.05, 0.1) is 0 Å². The summed E-state index contributed by atoms with van der Waals surface area (Å²) in [7, 11) is 0. The van der Waals surface area contributed by atoms with Crippen LogP contribution in [0.15, 0.2) is 48.5 Å². The lowest BCUT2D eigenvalue weighted by Crippen LogP contribution is -2.13. The zero-order valence-electron chi connectivity index (χ0n) is 15.5. The molecule has 0 N–H and O–H groups in total. The lowest BCUT2D eigenvalue weighted by Gasteiger charge is -2.29. The predicted octanol–water partition coefficient (Wildman–Crippen LogP) is 7.78. The molecule has 0 aliphatic heterocycles. The van der Waals surface area contributed by atoms with Crippen molar-refractivity contribution in [1.29, 1.82) is 0 Å². The summed E-state index contributed by atoms with van der Waals surface area (Å²) in [6.07, 6.45) is 12.3. The molecule has 0 unspecified atom stereocenters. The number of benzene rings is 2. The molecule has 1 heteroatoms. The lowest BCUT2D eigenvalue weighted by atomic mass is 9.77. The fourth-order valence-electron chi connectivity index (χ4n) is 4.21. The highest BCUT2D eigenvalue weighted by atomic mass is 35.5. The summed E-state index contributed by atoms with van der Waals surface area (Å²) in [5, 5.41) is 0.810. The van der Waals surface area contributed by atoms with E-state index in [9.17, 15) is 0 Å². The summed E-state index contributed by atoms with van der Waals surface area (Å²) in [6, 6.07) is 17.6. The molecule has 0 amide bonds. The summed E-state index contributed by atoms with van der Waals surface area (Å²) in [4.78, 5) is 0. The maximum absolute atomic E-state index is 5.97. The molecule has 25 heavy (non-hydrogen) atoms. The minimum absolute atomic E-state index is 0.784. The molecule has 2 aromatic carbocycles. The first-order valence-corrected chi connectivity index (χ1v) is 10.5. The van der Waals surface area contributed by atoms with E-state index in [2.05, 4.69) is 43.3 Å². The summed E-state index contributed by atoms with van der Waals surface area (Å²) in [5.41, 5.74) is 4.26. The van der Waals surface area contributed by atoms with Crippen LogP contribution in [0.5, 0.6) is 0 Å². The van der Waals surface area contributed by atoms with Gasteiger partial charge in [-0.1, -0.05) is 80.6 Å². The summed E-state index contributed by atoms with van der Waals surface area (Å²) < 4.78 is 0. The summed E-state index contributed by atoms with van der Waals surface area (Å²) >= 11 is 5.97. The van der Waals surface area contributed by atoms with Gasteiger partial charge >= 0.3 is 0 Å². The van der Waals surface area contributed by atoms with Crippen molar-refractivity contribution < 1.29 is 0 Å². The van der Waals surface area contributed by atoms with Crippen molar-refractivity contribution in [1.82, 2.24) is 0 Å². The van der Waals surface area contributed by atoms with Crippen molar-refractivity contribution in [2.24, 2.45) is 5.92 Å². The van der Waals surface area contributed by atoms with Crippen molar-refractivity contribution >= 4 is 11.6 Å². The number of hydrogen-bond acceptors (Lipinski definition) is 0. The van der Waals surface area contributed by atoms with Crippen molar-refractivity contribution in [2.45, 2.75) is 70.6 Å². The molecular weight excluding hydrogens is 324 g/mol. The van der Waals surface area contributed by atoms with Gasteiger partial charge in [-0.3, -0.25) is 0 Å². The van der Waals surface area contributed by atoms with E-state index in [-0.39, 0.29) is 0 Å². The van der Waals surface area contributed by atoms with E-state index in [1.165, 1.54) is 62.5 Å². The summed E-state index contributed by atoms with van der Waals surface area (Å²) in [6.45, 7) is 2.30. The summed E-state index contributed by atoms with van der Waals surface area (Å²) in [5.74, 6) is 1.78. The van der Waals surface area contributed by atoms with Gasteiger partial charge in [-0.15, -0.1) is 0 Å². The van der Waals surface area contributed by atoms with Crippen LogP contribution in [0.3, 0.4) is 0 Å². The second-order valence-corrected chi connectivity index (χ2v) is 8.19. The highest BCUT2D eigenvalue weighted by Gasteiger charge is 2.21. The number of rotatable bonds is 7. The Kier molecular flexibility index (Phi) is 6.99. The fourth-order valence-corrected chi connectivity index (χ4v) is 4.34. The van der Waals surface area contributed by atoms with E-state index >= 15 is 0 Å². The first kappa shape index (κ1) is 18.5. The van der Waals surface area contributed by atoms with Crippen LogP contribution >= 0.6 is 11.6 Å². The van der Waals surface area contributed by atoms with Gasteiger partial charge in [-0.2, -0.15) is 0 Å². The molecular formula is C24H31Cl. The maximum Gasteiger partial charge on any atom is 0.0406 e. The first-order chi connectivity index (χ1) is 12.2. The Morgan fingerprint density at radius 3 is 2.00 bits per heavy atom. The van der Waals surface area contributed by atoms with Gasteiger partial charge in [0, 0.05) is 5.02 Å². The van der Waals surface area contributed by atoms with Crippen LogP contribution in [0.2, 0.25) is 5.02 Å². The average molecular weight is 355 g/mol. The molecule has 0 saturated heterocycles. The van der Waals surface area contributed by atoms with Gasteiger partial charge < -0.3 is 0 Å². The Balaban J connectivity index is 1.50. The van der Waals surface area contributed by atoms with Gasteiger partial charge in [0.25, 0.3) is 0 Å². The Morgan fingerprint density at radius 1 is 0.800 bits per heavy atom. The molecule has 0 atom stereocenters. The lowest BCUT2D eigenvalue weighted by molar-refractivity contribution is 0.303. The molecule has 1 fully saturated rings. The van der Waals surface area contributed by atoms with Crippen LogP contribution in [0.25, 0.3) is 0 Å². The Hall–Kier alpha value is -1.27. The number of unbranched alkanes of at least 4 members (excludes halogenated alkanes) is 2. The predicted molar refractivity (Wildman–Crippen MR) is 110 cm³/mol. The molecule has 3 rings (SSSR count). The third-order valence-corrected chi connectivity index (χ3v) is 6.09. The number of hydrogen-bond donors (Lipinski definition) is 0. The quantitative estimate of drug-likeness (QED) is 0.445. The third-order valence-electron chi connectivity index (χ3n) is 5.84. The average Bonchev–Trinajstić information content (AvgIpc) is 2.65. The fraction of sp³-hybridized carbons (Fsp3) is 0.500. The molecule has 0 aromatic heterocycles. The third kappa shape index (κ3) is 5.61. The van der Waals surface area contributed by atoms with Crippen LogP contribution in [-0.2, 0) is 6.42 Å². The van der Waals surface area contributed by atoms with Crippen molar-refractivity contribution in [3.63, 3.8) is 0 Å². The van der Waals surface area contributed by atoms with E-state index in [1.807, 2.05) is 12.1 Å². The topological polar surface area (TPSA) is 0 Å². The highest BCUT2D eigenvalue weighted by Crippen LogP contribution is 2.37. The van der Waals surface area contributed by atoms with Gasteiger partial charge in [0.1, 0.15) is 0 Å². The molecule has 1 aliphatic carbocycles. The van der Waals surface area contributed by atoms with Crippen molar-refractivity contribution in [3.05, 3.63) is 70.2 Å².